The molecule has 1 amide bonds. The molecule has 0 spiro atoms. The van der Waals surface area contributed by atoms with Crippen molar-refractivity contribution >= 4 is 12.2 Å². The highest BCUT2D eigenvalue weighted by molar-refractivity contribution is 5.91. The van der Waals surface area contributed by atoms with Crippen molar-refractivity contribution < 1.29 is 18.4 Å². The molecule has 3 aromatic heterocycles. The van der Waals surface area contributed by atoms with E-state index < -0.39 is 17.9 Å². The van der Waals surface area contributed by atoms with E-state index in [1.807, 2.05) is 0 Å². The van der Waals surface area contributed by atoms with Crippen LogP contribution in [0.5, 0.6) is 0 Å². The summed E-state index contributed by atoms with van der Waals surface area (Å²) in [6.45, 7) is 0.0374. The van der Waals surface area contributed by atoms with Crippen LogP contribution in [0, 0.1) is 5.82 Å². The van der Waals surface area contributed by atoms with Crippen LogP contribution in [0.2, 0.25) is 0 Å². The van der Waals surface area contributed by atoms with Gasteiger partial charge < -0.3 is 5.32 Å². The van der Waals surface area contributed by atoms with E-state index >= 15 is 0 Å². The van der Waals surface area contributed by atoms with E-state index in [4.69, 9.17) is 0 Å². The van der Waals surface area contributed by atoms with Crippen LogP contribution < -0.4 is 5.32 Å². The molecule has 0 aliphatic carbocycles. The van der Waals surface area contributed by atoms with Gasteiger partial charge in [-0.3, -0.25) is 19.3 Å². The molecule has 12 heteroatoms. The molecule has 1 N–H and O–H groups in total. The maximum atomic E-state index is 14.0. The van der Waals surface area contributed by atoms with Gasteiger partial charge in [0.25, 0.3) is 5.91 Å². The number of carbonyl (C=O) groups excluding carboxylic acids is 2. The Bertz CT molecular complexity index is 958. The lowest BCUT2D eigenvalue weighted by Crippen LogP contribution is -2.24. The second kappa shape index (κ2) is 8.88. The number of aromatic nitrogens is 7. The Balaban J connectivity index is 1.47. The third-order valence-electron chi connectivity index (χ3n) is 3.76. The van der Waals surface area contributed by atoms with Crippen LogP contribution in [0.15, 0.2) is 30.7 Å². The first-order chi connectivity index (χ1) is 13.5. The Labute approximate surface area is 157 Å². The van der Waals surface area contributed by atoms with E-state index in [2.05, 4.69) is 30.9 Å². The zero-order chi connectivity index (χ0) is 19.9. The smallest absolute Gasteiger partial charge is 0.273 e. The van der Waals surface area contributed by atoms with Crippen molar-refractivity contribution in [3.8, 4) is 0 Å². The van der Waals surface area contributed by atoms with Crippen LogP contribution in [0.3, 0.4) is 0 Å². The highest BCUT2D eigenvalue weighted by Gasteiger charge is 2.14. The van der Waals surface area contributed by atoms with Gasteiger partial charge in [0.2, 0.25) is 0 Å². The van der Waals surface area contributed by atoms with Crippen molar-refractivity contribution in [3.05, 3.63) is 53.6 Å². The molecule has 0 aromatic carbocycles. The van der Waals surface area contributed by atoms with Gasteiger partial charge in [0.05, 0.1) is 31.2 Å². The average Bonchev–Trinajstić information content (AvgIpc) is 3.35. The Kier molecular flexibility index (Phi) is 6.09. The Morgan fingerprint density at radius 2 is 2.07 bits per heavy atom. The summed E-state index contributed by atoms with van der Waals surface area (Å²) in [7, 11) is 0. The molecule has 3 heterocycles. The van der Waals surface area contributed by atoms with Crippen LogP contribution in [-0.4, -0.2) is 53.3 Å². The molecule has 3 aromatic rings. The number of amides is 1. The normalized spacial score (nSPS) is 11.9. The average molecular weight is 390 g/mol. The van der Waals surface area contributed by atoms with E-state index in [0.29, 0.717) is 6.29 Å². The minimum Gasteiger partial charge on any atom is -0.345 e. The van der Waals surface area contributed by atoms with E-state index in [1.54, 1.807) is 0 Å². The van der Waals surface area contributed by atoms with Gasteiger partial charge in [-0.15, -0.1) is 10.2 Å². The van der Waals surface area contributed by atoms with Crippen molar-refractivity contribution in [3.63, 3.8) is 0 Å². The van der Waals surface area contributed by atoms with Gasteiger partial charge in [-0.1, -0.05) is 10.4 Å². The SMILES string of the molecule is O=Cc1cn(CC(F)CCn2cc(C(=O)NCc3ncccc3F)nn2)nn1. The van der Waals surface area contributed by atoms with Gasteiger partial charge in [0, 0.05) is 19.2 Å². The minimum atomic E-state index is -1.25. The summed E-state index contributed by atoms with van der Waals surface area (Å²) in [5.41, 5.74) is 0.262. The first-order valence-electron chi connectivity index (χ1n) is 8.32. The number of aldehydes is 1. The van der Waals surface area contributed by atoms with Crippen molar-refractivity contribution in [2.75, 3.05) is 0 Å². The summed E-state index contributed by atoms with van der Waals surface area (Å²) in [4.78, 5) is 26.4. The molecule has 0 radical (unpaired) electrons. The fraction of sp³-hybridized carbons (Fsp3) is 0.312. The number of rotatable bonds is 9. The largest absolute Gasteiger partial charge is 0.345 e. The highest BCUT2D eigenvalue weighted by atomic mass is 19.1. The molecule has 0 aliphatic heterocycles. The summed E-state index contributed by atoms with van der Waals surface area (Å²) in [5, 5.41) is 17.2. The van der Waals surface area contributed by atoms with Gasteiger partial charge in [0.1, 0.15) is 17.7 Å². The number of hydrogen-bond acceptors (Lipinski definition) is 7. The molecule has 3 rings (SSSR count). The quantitative estimate of drug-likeness (QED) is 0.531. The standard InChI is InChI=1S/C16H16F2N8O2/c17-11(7-26-8-12(10-27)21-23-26)3-5-25-9-15(22-24-25)16(28)20-6-14-13(18)2-1-4-19-14/h1-2,4,8-11H,3,5-7H2,(H,20,28). The summed E-state index contributed by atoms with van der Waals surface area (Å²) >= 11 is 0. The van der Waals surface area contributed by atoms with E-state index in [-0.39, 0.29) is 43.1 Å². The maximum absolute atomic E-state index is 14.0. The first kappa shape index (κ1) is 19.2. The molecular weight excluding hydrogens is 374 g/mol. The first-order valence-corrected chi connectivity index (χ1v) is 8.32. The second-order valence-electron chi connectivity index (χ2n) is 5.85. The van der Waals surface area contributed by atoms with Crippen LogP contribution in [0.25, 0.3) is 0 Å². The summed E-state index contributed by atoms with van der Waals surface area (Å²) < 4.78 is 30.1. The van der Waals surface area contributed by atoms with E-state index in [1.165, 1.54) is 40.1 Å². The van der Waals surface area contributed by atoms with Crippen LogP contribution in [0.4, 0.5) is 8.78 Å². The number of nitrogens with zero attached hydrogens (tertiary/aromatic N) is 7. The number of halogens is 2. The Morgan fingerprint density at radius 1 is 1.25 bits per heavy atom. The zero-order valence-electron chi connectivity index (χ0n) is 14.6. The number of aryl methyl sites for hydroxylation is 1. The molecule has 0 saturated carbocycles. The molecule has 0 fully saturated rings. The predicted octanol–water partition coefficient (Wildman–Crippen LogP) is 0.575. The minimum absolute atomic E-state index is 0.0265. The molecule has 1 unspecified atom stereocenters. The molecule has 0 bridgehead atoms. The van der Waals surface area contributed by atoms with Crippen LogP contribution in [-0.2, 0) is 19.6 Å². The molecule has 28 heavy (non-hydrogen) atoms. The van der Waals surface area contributed by atoms with Gasteiger partial charge in [-0.2, -0.15) is 0 Å². The van der Waals surface area contributed by atoms with Crippen molar-refractivity contribution in [2.24, 2.45) is 0 Å². The van der Waals surface area contributed by atoms with Gasteiger partial charge in [0.15, 0.2) is 12.0 Å². The predicted molar refractivity (Wildman–Crippen MR) is 90.3 cm³/mol. The monoisotopic (exact) mass is 390 g/mol. The molecule has 0 saturated heterocycles. The molecule has 0 aliphatic rings. The number of hydrogen-bond donors (Lipinski definition) is 1. The third-order valence-corrected chi connectivity index (χ3v) is 3.76. The Morgan fingerprint density at radius 3 is 2.82 bits per heavy atom. The number of alkyl halides is 1. The molecule has 1 atom stereocenters. The highest BCUT2D eigenvalue weighted by Crippen LogP contribution is 2.06. The van der Waals surface area contributed by atoms with Crippen molar-refractivity contribution in [1.29, 1.82) is 0 Å². The number of pyridine rings is 1. The summed E-state index contributed by atoms with van der Waals surface area (Å²) in [5.74, 6) is -1.06. The summed E-state index contributed by atoms with van der Waals surface area (Å²) in [6, 6.07) is 2.70. The van der Waals surface area contributed by atoms with E-state index in [9.17, 15) is 18.4 Å². The topological polar surface area (TPSA) is 120 Å². The lowest BCUT2D eigenvalue weighted by molar-refractivity contribution is 0.0944. The Hall–Kier alpha value is -3.57. The van der Waals surface area contributed by atoms with Gasteiger partial charge >= 0.3 is 0 Å². The zero-order valence-corrected chi connectivity index (χ0v) is 14.6. The van der Waals surface area contributed by atoms with E-state index in [0.717, 1.165) is 0 Å². The second-order valence-corrected chi connectivity index (χ2v) is 5.85. The fourth-order valence-electron chi connectivity index (χ4n) is 2.34. The van der Waals surface area contributed by atoms with Crippen LogP contribution in [0.1, 0.15) is 33.1 Å². The fourth-order valence-corrected chi connectivity index (χ4v) is 2.34. The lowest BCUT2D eigenvalue weighted by Gasteiger charge is -2.07. The van der Waals surface area contributed by atoms with Crippen molar-refractivity contribution in [2.45, 2.75) is 32.2 Å². The number of nitrogens with one attached hydrogen (secondary N) is 1. The molecule has 10 nitrogen and oxygen atoms in total. The lowest BCUT2D eigenvalue weighted by atomic mass is 10.3. The summed E-state index contributed by atoms with van der Waals surface area (Å²) in [6.07, 6.45) is 3.52. The maximum Gasteiger partial charge on any atom is 0.273 e. The van der Waals surface area contributed by atoms with Gasteiger partial charge in [-0.25, -0.2) is 13.5 Å². The molecular formula is C16H16F2N8O2. The van der Waals surface area contributed by atoms with Crippen LogP contribution >= 0.6 is 0 Å². The number of carbonyl (C=O) groups is 2. The molecule has 146 valence electrons. The van der Waals surface area contributed by atoms with Gasteiger partial charge in [-0.05, 0) is 12.1 Å². The van der Waals surface area contributed by atoms with Crippen molar-refractivity contribution in [1.82, 2.24) is 40.3 Å². The third kappa shape index (κ3) is 4.99.